The van der Waals surface area contributed by atoms with Gasteiger partial charge in [-0.15, -0.1) is 0 Å². The first kappa shape index (κ1) is 21.9. The second-order valence-corrected chi connectivity index (χ2v) is 7.09. The van der Waals surface area contributed by atoms with Gasteiger partial charge in [-0.05, 0) is 29.8 Å². The monoisotopic (exact) mass is 449 g/mol. The Bertz CT molecular complexity index is 1040. The van der Waals surface area contributed by atoms with Crippen molar-refractivity contribution in [3.05, 3.63) is 81.3 Å². The number of methoxy groups -OCH3 is 2. The summed E-state index contributed by atoms with van der Waals surface area (Å²) in [6.45, 7) is 0.0981. The van der Waals surface area contributed by atoms with Crippen LogP contribution < -0.4 is 14.2 Å². The van der Waals surface area contributed by atoms with Crippen molar-refractivity contribution in [2.45, 2.75) is 13.0 Å². The van der Waals surface area contributed by atoms with Crippen molar-refractivity contribution in [1.29, 1.82) is 0 Å². The molecule has 5 nitrogen and oxygen atoms in total. The van der Waals surface area contributed by atoms with Crippen LogP contribution in [0.4, 0.5) is 4.39 Å². The summed E-state index contributed by atoms with van der Waals surface area (Å²) in [5, 5.41) is 0.593. The van der Waals surface area contributed by atoms with E-state index < -0.39 is 0 Å². The fraction of sp³-hybridized carbons (Fsp3) is 0.182. The average Bonchev–Trinajstić information content (AvgIpc) is 2.75. The topological polar surface area (TPSA) is 57.7 Å². The van der Waals surface area contributed by atoms with E-state index in [0.29, 0.717) is 21.4 Å². The van der Waals surface area contributed by atoms with Gasteiger partial charge in [0.1, 0.15) is 12.4 Å². The van der Waals surface area contributed by atoms with Crippen LogP contribution in [0.15, 0.2) is 48.8 Å². The third kappa shape index (κ3) is 4.83. The van der Waals surface area contributed by atoms with Crippen molar-refractivity contribution in [2.24, 2.45) is 0 Å². The van der Waals surface area contributed by atoms with Gasteiger partial charge in [-0.1, -0.05) is 35.3 Å². The lowest BCUT2D eigenvalue weighted by Crippen LogP contribution is -2.10. The number of hydrogen-bond acceptors (Lipinski definition) is 5. The predicted octanol–water partition coefficient (Wildman–Crippen LogP) is 5.55. The van der Waals surface area contributed by atoms with Crippen LogP contribution in [0.5, 0.6) is 17.2 Å². The molecule has 0 radical (unpaired) electrons. The van der Waals surface area contributed by atoms with E-state index in [0.717, 1.165) is 5.56 Å². The molecule has 0 bridgehead atoms. The Morgan fingerprint density at radius 3 is 2.23 bits per heavy atom. The number of Topliss-reactive ketones (excluding diaryl/α,β-unsaturated/α-hetero) is 1. The summed E-state index contributed by atoms with van der Waals surface area (Å²) in [4.78, 5) is 17.0. The van der Waals surface area contributed by atoms with E-state index >= 15 is 0 Å². The van der Waals surface area contributed by atoms with Crippen molar-refractivity contribution in [3.8, 4) is 17.2 Å². The Morgan fingerprint density at radius 2 is 1.63 bits per heavy atom. The Balaban J connectivity index is 1.96. The van der Waals surface area contributed by atoms with Gasteiger partial charge in [-0.2, -0.15) is 0 Å². The lowest BCUT2D eigenvalue weighted by Gasteiger charge is -2.17. The number of nitrogens with zero attached hydrogens (tertiary/aromatic N) is 1. The summed E-state index contributed by atoms with van der Waals surface area (Å²) >= 11 is 12.3. The fourth-order valence-corrected chi connectivity index (χ4v) is 3.36. The van der Waals surface area contributed by atoms with Crippen LogP contribution >= 0.6 is 23.2 Å². The lowest BCUT2D eigenvalue weighted by atomic mass is 10.0. The molecule has 1 heterocycles. The maximum Gasteiger partial charge on any atom is 0.204 e. The molecule has 30 heavy (non-hydrogen) atoms. The van der Waals surface area contributed by atoms with Crippen molar-refractivity contribution in [2.75, 3.05) is 14.2 Å². The molecule has 3 aromatic rings. The van der Waals surface area contributed by atoms with E-state index in [1.165, 1.54) is 38.7 Å². The molecule has 3 rings (SSSR count). The van der Waals surface area contributed by atoms with Crippen LogP contribution in [0.25, 0.3) is 0 Å². The molecule has 0 amide bonds. The second kappa shape index (κ2) is 9.78. The van der Waals surface area contributed by atoms with Crippen LogP contribution in [-0.2, 0) is 13.0 Å². The SMILES string of the molecule is COc1ccc(C(=O)Cc2c(Cl)cncc2Cl)c(OCc2ccc(F)cc2)c1OC. The molecule has 0 unspecified atom stereocenters. The molecular weight excluding hydrogens is 432 g/mol. The smallest absolute Gasteiger partial charge is 0.204 e. The van der Waals surface area contributed by atoms with Gasteiger partial charge >= 0.3 is 0 Å². The molecule has 0 saturated heterocycles. The molecular formula is C22H18Cl2FNO4. The highest BCUT2D eigenvalue weighted by Gasteiger charge is 2.23. The van der Waals surface area contributed by atoms with Crippen molar-refractivity contribution in [3.63, 3.8) is 0 Å². The van der Waals surface area contributed by atoms with Crippen molar-refractivity contribution < 1.29 is 23.4 Å². The first-order chi connectivity index (χ1) is 14.4. The molecule has 0 saturated carbocycles. The number of ketones is 1. The van der Waals surface area contributed by atoms with E-state index in [9.17, 15) is 9.18 Å². The Hall–Kier alpha value is -2.83. The molecule has 156 valence electrons. The van der Waals surface area contributed by atoms with Gasteiger partial charge in [0.15, 0.2) is 17.3 Å². The van der Waals surface area contributed by atoms with E-state index in [4.69, 9.17) is 37.4 Å². The summed E-state index contributed by atoms with van der Waals surface area (Å²) in [6.07, 6.45) is 2.80. The molecule has 0 N–H and O–H groups in total. The Kier molecular flexibility index (Phi) is 7.13. The van der Waals surface area contributed by atoms with E-state index in [-0.39, 0.29) is 41.7 Å². The predicted molar refractivity (Wildman–Crippen MR) is 113 cm³/mol. The van der Waals surface area contributed by atoms with Crippen LogP contribution in [0, 0.1) is 5.82 Å². The van der Waals surface area contributed by atoms with Gasteiger partial charge in [0, 0.05) is 24.4 Å². The zero-order chi connectivity index (χ0) is 21.7. The average molecular weight is 450 g/mol. The van der Waals surface area contributed by atoms with Crippen molar-refractivity contribution >= 4 is 29.0 Å². The highest BCUT2D eigenvalue weighted by Crippen LogP contribution is 2.41. The normalized spacial score (nSPS) is 10.6. The zero-order valence-electron chi connectivity index (χ0n) is 16.2. The number of benzene rings is 2. The molecule has 1 aromatic heterocycles. The number of aromatic nitrogens is 1. The summed E-state index contributed by atoms with van der Waals surface area (Å²) in [7, 11) is 2.94. The molecule has 0 spiro atoms. The number of carbonyl (C=O) groups is 1. The number of hydrogen-bond donors (Lipinski definition) is 0. The van der Waals surface area contributed by atoms with Crippen LogP contribution in [0.2, 0.25) is 10.0 Å². The third-order valence-corrected chi connectivity index (χ3v) is 5.04. The molecule has 0 fully saturated rings. The first-order valence-electron chi connectivity index (χ1n) is 8.88. The van der Waals surface area contributed by atoms with Gasteiger partial charge in [0.05, 0.1) is 29.8 Å². The van der Waals surface area contributed by atoms with Gasteiger partial charge in [-0.25, -0.2) is 4.39 Å². The Labute approximate surface area is 183 Å². The number of pyridine rings is 1. The summed E-state index contributed by atoms with van der Waals surface area (Å²) in [5.41, 5.74) is 1.47. The summed E-state index contributed by atoms with van der Waals surface area (Å²) < 4.78 is 29.8. The van der Waals surface area contributed by atoms with Gasteiger partial charge in [0.2, 0.25) is 5.75 Å². The lowest BCUT2D eigenvalue weighted by molar-refractivity contribution is 0.0987. The fourth-order valence-electron chi connectivity index (χ4n) is 2.86. The number of ether oxygens (including phenoxy) is 3. The summed E-state index contributed by atoms with van der Waals surface area (Å²) in [6, 6.07) is 9.07. The quantitative estimate of drug-likeness (QED) is 0.422. The highest BCUT2D eigenvalue weighted by atomic mass is 35.5. The molecule has 2 aromatic carbocycles. The Morgan fingerprint density at radius 1 is 0.967 bits per heavy atom. The molecule has 0 aliphatic carbocycles. The third-order valence-electron chi connectivity index (χ3n) is 4.39. The van der Waals surface area contributed by atoms with Gasteiger partial charge < -0.3 is 14.2 Å². The minimum atomic E-state index is -0.348. The van der Waals surface area contributed by atoms with Gasteiger partial charge in [-0.3, -0.25) is 9.78 Å². The largest absolute Gasteiger partial charge is 0.493 e. The van der Waals surface area contributed by atoms with Crippen LogP contribution in [-0.4, -0.2) is 25.0 Å². The molecule has 0 aliphatic heterocycles. The first-order valence-corrected chi connectivity index (χ1v) is 9.63. The zero-order valence-corrected chi connectivity index (χ0v) is 17.8. The van der Waals surface area contributed by atoms with Gasteiger partial charge in [0.25, 0.3) is 0 Å². The highest BCUT2D eigenvalue weighted by molar-refractivity contribution is 6.36. The maximum absolute atomic E-state index is 13.2. The van der Waals surface area contributed by atoms with Crippen molar-refractivity contribution in [1.82, 2.24) is 4.98 Å². The van der Waals surface area contributed by atoms with E-state index in [1.807, 2.05) is 0 Å². The summed E-state index contributed by atoms with van der Waals surface area (Å²) in [5.74, 6) is 0.271. The second-order valence-electron chi connectivity index (χ2n) is 6.27. The van der Waals surface area contributed by atoms with E-state index in [1.54, 1.807) is 24.3 Å². The molecule has 0 aliphatic rings. The standard InChI is InChI=1S/C22H18Cl2FNO4/c1-28-20-8-7-15(19(27)9-16-17(23)10-26-11-18(16)24)21(22(20)29-2)30-12-13-3-5-14(25)6-4-13/h3-8,10-11H,9,12H2,1-2H3. The number of carbonyl (C=O) groups excluding carboxylic acids is 1. The number of halogens is 3. The molecule has 8 heteroatoms. The maximum atomic E-state index is 13.2. The molecule has 0 atom stereocenters. The number of rotatable bonds is 8. The van der Waals surface area contributed by atoms with E-state index in [2.05, 4.69) is 4.98 Å². The minimum Gasteiger partial charge on any atom is -0.493 e. The minimum absolute atomic E-state index is 0.0530. The van der Waals surface area contributed by atoms with Crippen LogP contribution in [0.3, 0.4) is 0 Å². The van der Waals surface area contributed by atoms with Crippen LogP contribution in [0.1, 0.15) is 21.5 Å².